The van der Waals surface area contributed by atoms with Crippen LogP contribution < -0.4 is 15.9 Å². The van der Waals surface area contributed by atoms with E-state index in [0.717, 1.165) is 11.4 Å². The second kappa shape index (κ2) is 11.2. The Morgan fingerprint density at radius 2 is 1.59 bits per heavy atom. The van der Waals surface area contributed by atoms with Gasteiger partial charge in [0.05, 0.1) is 17.6 Å². The average Bonchev–Trinajstić information content (AvgIpc) is 3.28. The molecule has 0 bridgehead atoms. The van der Waals surface area contributed by atoms with E-state index in [4.69, 9.17) is 0 Å². The number of nitrogens with zero attached hydrogens (tertiary/aromatic N) is 5. The Balaban J connectivity index is 1.38. The van der Waals surface area contributed by atoms with Crippen LogP contribution in [0.2, 0.25) is 0 Å². The molecule has 2 heterocycles. The molecule has 1 amide bonds. The number of alkyl halides is 3. The number of piperazine rings is 1. The normalized spacial score (nSPS) is 15.7. The molecule has 4 rings (SSSR count). The number of halogens is 3. The van der Waals surface area contributed by atoms with Crippen molar-refractivity contribution in [1.29, 1.82) is 0 Å². The van der Waals surface area contributed by atoms with Crippen LogP contribution in [0.15, 0.2) is 65.7 Å². The second-order valence-corrected chi connectivity index (χ2v) is 9.42. The Kier molecular flexibility index (Phi) is 8.01. The van der Waals surface area contributed by atoms with Gasteiger partial charge in [-0.1, -0.05) is 30.3 Å². The van der Waals surface area contributed by atoms with E-state index < -0.39 is 24.5 Å². The summed E-state index contributed by atoms with van der Waals surface area (Å²) in [7, 11) is 0. The largest absolute Gasteiger partial charge is 0.405 e. The summed E-state index contributed by atoms with van der Waals surface area (Å²) >= 11 is 0. The molecule has 8 nitrogen and oxygen atoms in total. The number of hydrogen-bond donors (Lipinski definition) is 1. The van der Waals surface area contributed by atoms with Gasteiger partial charge in [-0.25, -0.2) is 14.0 Å². The molecule has 1 aliphatic rings. The first-order chi connectivity index (χ1) is 17.6. The SMILES string of the molecule is CC(C)n1ncn(-c2ccc(N3CCN(CC(C(=O)NCC(F)(F)F)c4ccccc4)CC3)cc2)c1=O. The third kappa shape index (κ3) is 6.59. The van der Waals surface area contributed by atoms with Gasteiger partial charge in [0.15, 0.2) is 0 Å². The number of hydrogen-bond acceptors (Lipinski definition) is 5. The molecule has 37 heavy (non-hydrogen) atoms. The van der Waals surface area contributed by atoms with E-state index in [0.29, 0.717) is 38.3 Å². The smallest absolute Gasteiger partial charge is 0.369 e. The molecule has 1 atom stereocenters. The lowest BCUT2D eigenvalue weighted by molar-refractivity contribution is -0.139. The molecule has 1 N–H and O–H groups in total. The molecule has 0 aliphatic carbocycles. The number of aromatic nitrogens is 3. The maximum absolute atomic E-state index is 12.7. The van der Waals surface area contributed by atoms with Gasteiger partial charge < -0.3 is 10.2 Å². The van der Waals surface area contributed by atoms with Crippen molar-refractivity contribution in [3.8, 4) is 5.69 Å². The molecule has 198 valence electrons. The fraction of sp³-hybridized carbons (Fsp3) is 0.423. The zero-order valence-electron chi connectivity index (χ0n) is 20.9. The van der Waals surface area contributed by atoms with Crippen molar-refractivity contribution in [3.63, 3.8) is 0 Å². The van der Waals surface area contributed by atoms with Crippen molar-refractivity contribution in [2.75, 3.05) is 44.2 Å². The topological polar surface area (TPSA) is 75.4 Å². The maximum atomic E-state index is 12.7. The van der Waals surface area contributed by atoms with Crippen molar-refractivity contribution >= 4 is 11.6 Å². The minimum Gasteiger partial charge on any atom is -0.369 e. The summed E-state index contributed by atoms with van der Waals surface area (Å²) in [5, 5.41) is 6.21. The van der Waals surface area contributed by atoms with Crippen LogP contribution in [0.5, 0.6) is 0 Å². The standard InChI is InChI=1S/C26H31F3N6O2/c1-19(2)35-25(37)34(18-31-35)22-10-8-21(9-11-22)33-14-12-32(13-15-33)16-23(20-6-4-3-5-7-20)24(36)30-17-26(27,28)29/h3-11,18-19,23H,12-17H2,1-2H3,(H,30,36). The molecular formula is C26H31F3N6O2. The highest BCUT2D eigenvalue weighted by molar-refractivity contribution is 5.84. The Labute approximate surface area is 213 Å². The minimum absolute atomic E-state index is 0.0264. The quantitative estimate of drug-likeness (QED) is 0.498. The Morgan fingerprint density at radius 1 is 0.973 bits per heavy atom. The summed E-state index contributed by atoms with van der Waals surface area (Å²) in [6.45, 7) is 5.53. The lowest BCUT2D eigenvalue weighted by Crippen LogP contribution is -2.49. The summed E-state index contributed by atoms with van der Waals surface area (Å²) in [5.41, 5.74) is 2.24. The first-order valence-electron chi connectivity index (χ1n) is 12.3. The summed E-state index contributed by atoms with van der Waals surface area (Å²) in [4.78, 5) is 29.5. The summed E-state index contributed by atoms with van der Waals surface area (Å²) in [6.07, 6.45) is -2.94. The van der Waals surface area contributed by atoms with Crippen LogP contribution in [-0.4, -0.2) is 70.6 Å². The van der Waals surface area contributed by atoms with Crippen molar-refractivity contribution < 1.29 is 18.0 Å². The lowest BCUT2D eigenvalue weighted by atomic mass is 9.97. The molecule has 0 saturated carbocycles. The van der Waals surface area contributed by atoms with Crippen LogP contribution in [0.3, 0.4) is 0 Å². The summed E-state index contributed by atoms with van der Waals surface area (Å²) in [5.74, 6) is -1.32. The third-order valence-corrected chi connectivity index (χ3v) is 6.47. The molecule has 1 fully saturated rings. The Bertz CT molecular complexity index is 1230. The fourth-order valence-corrected chi connectivity index (χ4v) is 4.45. The molecule has 3 aromatic rings. The van der Waals surface area contributed by atoms with E-state index in [-0.39, 0.29) is 11.7 Å². The van der Waals surface area contributed by atoms with E-state index in [1.807, 2.05) is 49.5 Å². The molecule has 1 unspecified atom stereocenters. The first kappa shape index (κ1) is 26.5. The Morgan fingerprint density at radius 3 is 2.16 bits per heavy atom. The second-order valence-electron chi connectivity index (χ2n) is 9.42. The van der Waals surface area contributed by atoms with E-state index in [2.05, 4.69) is 14.9 Å². The van der Waals surface area contributed by atoms with Gasteiger partial charge in [-0.05, 0) is 43.7 Å². The molecule has 0 radical (unpaired) electrons. The van der Waals surface area contributed by atoms with Crippen LogP contribution in [0, 0.1) is 0 Å². The van der Waals surface area contributed by atoms with Crippen LogP contribution in [-0.2, 0) is 4.79 Å². The van der Waals surface area contributed by atoms with Crippen molar-refractivity contribution in [2.45, 2.75) is 32.0 Å². The lowest BCUT2D eigenvalue weighted by Gasteiger charge is -2.37. The number of carbonyl (C=O) groups excluding carboxylic acids is 1. The van der Waals surface area contributed by atoms with Gasteiger partial charge >= 0.3 is 11.9 Å². The average molecular weight is 517 g/mol. The molecule has 11 heteroatoms. The molecule has 2 aromatic carbocycles. The Hall–Kier alpha value is -3.60. The third-order valence-electron chi connectivity index (χ3n) is 6.47. The predicted octanol–water partition coefficient (Wildman–Crippen LogP) is 3.20. The van der Waals surface area contributed by atoms with E-state index in [1.54, 1.807) is 24.3 Å². The maximum Gasteiger partial charge on any atom is 0.405 e. The molecule has 1 saturated heterocycles. The number of carbonyl (C=O) groups is 1. The molecule has 1 aliphatic heterocycles. The van der Waals surface area contributed by atoms with Gasteiger partial charge in [0.25, 0.3) is 0 Å². The van der Waals surface area contributed by atoms with E-state index >= 15 is 0 Å². The number of benzene rings is 2. The predicted molar refractivity (Wildman–Crippen MR) is 135 cm³/mol. The van der Waals surface area contributed by atoms with Crippen molar-refractivity contribution in [2.24, 2.45) is 0 Å². The number of anilines is 1. The van der Waals surface area contributed by atoms with Crippen molar-refractivity contribution in [1.82, 2.24) is 24.6 Å². The van der Waals surface area contributed by atoms with Crippen LogP contribution in [0.4, 0.5) is 18.9 Å². The van der Waals surface area contributed by atoms with Gasteiger partial charge in [0, 0.05) is 38.4 Å². The highest BCUT2D eigenvalue weighted by Gasteiger charge is 2.31. The van der Waals surface area contributed by atoms with Crippen molar-refractivity contribution in [3.05, 3.63) is 77.0 Å². The van der Waals surface area contributed by atoms with Gasteiger partial charge in [-0.15, -0.1) is 0 Å². The van der Waals surface area contributed by atoms with Gasteiger partial charge in [0.2, 0.25) is 5.91 Å². The highest BCUT2D eigenvalue weighted by Crippen LogP contribution is 2.22. The fourth-order valence-electron chi connectivity index (χ4n) is 4.45. The van der Waals surface area contributed by atoms with E-state index in [1.165, 1.54) is 15.6 Å². The van der Waals surface area contributed by atoms with E-state index in [9.17, 15) is 22.8 Å². The monoisotopic (exact) mass is 516 g/mol. The zero-order chi connectivity index (χ0) is 26.6. The van der Waals surface area contributed by atoms with Gasteiger partial charge in [0.1, 0.15) is 12.9 Å². The number of amides is 1. The summed E-state index contributed by atoms with van der Waals surface area (Å²) < 4.78 is 40.9. The summed E-state index contributed by atoms with van der Waals surface area (Å²) in [6, 6.07) is 16.6. The first-order valence-corrected chi connectivity index (χ1v) is 12.3. The minimum atomic E-state index is -4.46. The van der Waals surface area contributed by atoms with Crippen LogP contribution in [0.1, 0.15) is 31.4 Å². The van der Waals surface area contributed by atoms with Crippen LogP contribution in [0.25, 0.3) is 5.69 Å². The van der Waals surface area contributed by atoms with Gasteiger partial charge in [-0.3, -0.25) is 9.69 Å². The zero-order valence-corrected chi connectivity index (χ0v) is 20.9. The molecule has 0 spiro atoms. The number of nitrogens with one attached hydrogen (secondary N) is 1. The molecular weight excluding hydrogens is 485 g/mol. The van der Waals surface area contributed by atoms with Crippen LogP contribution >= 0.6 is 0 Å². The molecule has 1 aromatic heterocycles. The highest BCUT2D eigenvalue weighted by atomic mass is 19.4. The van der Waals surface area contributed by atoms with Gasteiger partial charge in [-0.2, -0.15) is 18.3 Å². The number of rotatable bonds is 8.